The van der Waals surface area contributed by atoms with E-state index < -0.39 is 0 Å². The summed E-state index contributed by atoms with van der Waals surface area (Å²) in [4.78, 5) is 5.00. The van der Waals surface area contributed by atoms with Gasteiger partial charge in [-0.05, 0) is 52.7 Å². The van der Waals surface area contributed by atoms with Crippen molar-refractivity contribution < 1.29 is 8.37 Å². The van der Waals surface area contributed by atoms with E-state index >= 15 is 0 Å². The van der Waals surface area contributed by atoms with Gasteiger partial charge in [0.2, 0.25) is 0 Å². The Bertz CT molecular complexity index is 1100. The Morgan fingerprint density at radius 2 is 1.39 bits per heavy atom. The standard InChI is InChI=1S/C23H21NO2S2/c1-25-27-14-16-7-10-18(11-8-16)23-20-12-9-17(15-28-26-2)13-21(20)19-5-3-4-6-22(19)24-23/h3-13H,14-15H2,1-2H3. The zero-order valence-electron chi connectivity index (χ0n) is 15.8. The maximum atomic E-state index is 5.17. The van der Waals surface area contributed by atoms with Crippen LogP contribution < -0.4 is 0 Å². The van der Waals surface area contributed by atoms with Crippen molar-refractivity contribution in [2.45, 2.75) is 11.5 Å². The first-order chi connectivity index (χ1) is 13.8. The van der Waals surface area contributed by atoms with Gasteiger partial charge in [-0.2, -0.15) is 0 Å². The van der Waals surface area contributed by atoms with Crippen LogP contribution in [0.1, 0.15) is 11.1 Å². The number of rotatable bonds is 7. The van der Waals surface area contributed by atoms with Gasteiger partial charge in [-0.15, -0.1) is 0 Å². The Balaban J connectivity index is 1.85. The molecule has 0 spiro atoms. The van der Waals surface area contributed by atoms with Crippen LogP contribution in [0.4, 0.5) is 0 Å². The van der Waals surface area contributed by atoms with E-state index in [1.807, 2.05) is 6.07 Å². The molecule has 3 aromatic carbocycles. The van der Waals surface area contributed by atoms with Crippen LogP contribution in [0, 0.1) is 0 Å². The van der Waals surface area contributed by atoms with Gasteiger partial charge >= 0.3 is 0 Å². The van der Waals surface area contributed by atoms with Crippen LogP contribution in [0.15, 0.2) is 66.7 Å². The molecule has 4 rings (SSSR count). The predicted molar refractivity (Wildman–Crippen MR) is 121 cm³/mol. The van der Waals surface area contributed by atoms with Gasteiger partial charge in [0, 0.05) is 27.8 Å². The van der Waals surface area contributed by atoms with E-state index in [1.165, 1.54) is 51.4 Å². The van der Waals surface area contributed by atoms with Crippen LogP contribution in [0.2, 0.25) is 0 Å². The highest BCUT2D eigenvalue weighted by molar-refractivity contribution is 7.94. The molecule has 0 aliphatic heterocycles. The predicted octanol–water partition coefficient (Wildman–Crippen LogP) is 6.64. The first kappa shape index (κ1) is 19.3. The summed E-state index contributed by atoms with van der Waals surface area (Å²) in [6.45, 7) is 0. The average molecular weight is 408 g/mol. The fraction of sp³-hybridized carbons (Fsp3) is 0.174. The summed E-state index contributed by atoms with van der Waals surface area (Å²) in [7, 11) is 3.40. The van der Waals surface area contributed by atoms with Gasteiger partial charge in [-0.25, -0.2) is 4.98 Å². The van der Waals surface area contributed by atoms with Gasteiger partial charge in [0.25, 0.3) is 0 Å². The highest BCUT2D eigenvalue weighted by Crippen LogP contribution is 2.34. The molecular weight excluding hydrogens is 386 g/mol. The largest absolute Gasteiger partial charge is 0.318 e. The highest BCUT2D eigenvalue weighted by Gasteiger charge is 2.11. The molecule has 0 amide bonds. The minimum atomic E-state index is 0.824. The Morgan fingerprint density at radius 1 is 0.714 bits per heavy atom. The third-order valence-electron chi connectivity index (χ3n) is 4.68. The number of hydrogen-bond acceptors (Lipinski definition) is 5. The zero-order valence-corrected chi connectivity index (χ0v) is 17.5. The number of benzene rings is 3. The van der Waals surface area contributed by atoms with Gasteiger partial charge in [0.15, 0.2) is 0 Å². The Morgan fingerprint density at radius 3 is 2.14 bits per heavy atom. The Labute approximate surface area is 173 Å². The fourth-order valence-corrected chi connectivity index (χ4v) is 4.20. The molecule has 142 valence electrons. The fourth-order valence-electron chi connectivity index (χ4n) is 3.32. The van der Waals surface area contributed by atoms with Gasteiger partial charge in [0.05, 0.1) is 25.4 Å². The number of para-hydroxylation sites is 1. The van der Waals surface area contributed by atoms with Gasteiger partial charge in [-0.1, -0.05) is 54.6 Å². The molecule has 0 saturated heterocycles. The van der Waals surface area contributed by atoms with E-state index in [-0.39, 0.29) is 0 Å². The summed E-state index contributed by atoms with van der Waals surface area (Å²) < 4.78 is 10.3. The van der Waals surface area contributed by atoms with Crippen molar-refractivity contribution in [2.75, 3.05) is 14.2 Å². The quantitative estimate of drug-likeness (QED) is 0.253. The Hall–Kier alpha value is -2.05. The lowest BCUT2D eigenvalue weighted by Gasteiger charge is -2.12. The second kappa shape index (κ2) is 8.97. The van der Waals surface area contributed by atoms with E-state index in [9.17, 15) is 0 Å². The van der Waals surface area contributed by atoms with Gasteiger partial charge in [-0.3, -0.25) is 0 Å². The van der Waals surface area contributed by atoms with Crippen molar-refractivity contribution in [3.05, 3.63) is 77.9 Å². The van der Waals surface area contributed by atoms with Crippen LogP contribution in [0.25, 0.3) is 32.9 Å². The van der Waals surface area contributed by atoms with Crippen LogP contribution in [-0.2, 0) is 19.9 Å². The van der Waals surface area contributed by atoms with Crippen LogP contribution in [0.5, 0.6) is 0 Å². The van der Waals surface area contributed by atoms with Crippen molar-refractivity contribution >= 4 is 45.8 Å². The minimum absolute atomic E-state index is 0.824. The highest BCUT2D eigenvalue weighted by atomic mass is 32.2. The van der Waals surface area contributed by atoms with Crippen molar-refractivity contribution in [1.82, 2.24) is 4.98 Å². The topological polar surface area (TPSA) is 31.4 Å². The summed E-state index contributed by atoms with van der Waals surface area (Å²) in [5.41, 5.74) is 5.64. The monoisotopic (exact) mass is 407 g/mol. The minimum Gasteiger partial charge on any atom is -0.318 e. The number of nitrogens with zero attached hydrogens (tertiary/aromatic N) is 1. The van der Waals surface area contributed by atoms with Crippen LogP contribution in [0.3, 0.4) is 0 Å². The molecule has 0 aliphatic carbocycles. The first-order valence-electron chi connectivity index (χ1n) is 9.02. The molecule has 1 aromatic heterocycles. The normalized spacial score (nSPS) is 11.4. The third kappa shape index (κ3) is 4.03. The van der Waals surface area contributed by atoms with Crippen molar-refractivity contribution in [3.63, 3.8) is 0 Å². The molecule has 28 heavy (non-hydrogen) atoms. The smallest absolute Gasteiger partial charge is 0.0788 e. The van der Waals surface area contributed by atoms with Crippen molar-refractivity contribution in [1.29, 1.82) is 0 Å². The molecule has 5 heteroatoms. The second-order valence-electron chi connectivity index (χ2n) is 6.41. The summed E-state index contributed by atoms with van der Waals surface area (Å²) in [6, 6.07) is 23.5. The summed E-state index contributed by atoms with van der Waals surface area (Å²) in [5, 5.41) is 3.58. The lowest BCUT2D eigenvalue weighted by atomic mass is 9.98. The summed E-state index contributed by atoms with van der Waals surface area (Å²) in [6.07, 6.45) is 0. The molecule has 0 saturated carbocycles. The van der Waals surface area contributed by atoms with Gasteiger partial charge in [0.1, 0.15) is 0 Å². The number of pyridine rings is 1. The average Bonchev–Trinajstić information content (AvgIpc) is 2.76. The van der Waals surface area contributed by atoms with E-state index in [0.29, 0.717) is 0 Å². The molecule has 0 N–H and O–H groups in total. The van der Waals surface area contributed by atoms with Crippen LogP contribution >= 0.6 is 24.1 Å². The van der Waals surface area contributed by atoms with Crippen LogP contribution in [-0.4, -0.2) is 19.2 Å². The van der Waals surface area contributed by atoms with E-state index in [4.69, 9.17) is 13.4 Å². The SMILES string of the molecule is COSCc1ccc(-c2nc3ccccc3c3cc(CSOC)ccc23)cc1. The lowest BCUT2D eigenvalue weighted by Crippen LogP contribution is -1.92. The molecule has 4 aromatic rings. The lowest BCUT2D eigenvalue weighted by molar-refractivity contribution is 0.489. The maximum absolute atomic E-state index is 5.17. The molecule has 0 unspecified atom stereocenters. The molecule has 3 nitrogen and oxygen atoms in total. The van der Waals surface area contributed by atoms with Crippen molar-refractivity contribution in [3.8, 4) is 11.3 Å². The summed E-state index contributed by atoms with van der Waals surface area (Å²) in [5.74, 6) is 1.66. The summed E-state index contributed by atoms with van der Waals surface area (Å²) >= 11 is 2.90. The van der Waals surface area contributed by atoms with E-state index in [2.05, 4.69) is 60.7 Å². The molecule has 0 aliphatic rings. The number of fused-ring (bicyclic) bond motifs is 3. The third-order valence-corrected chi connectivity index (χ3v) is 6.05. The van der Waals surface area contributed by atoms with E-state index in [1.54, 1.807) is 14.2 Å². The molecule has 0 radical (unpaired) electrons. The van der Waals surface area contributed by atoms with Crippen molar-refractivity contribution in [2.24, 2.45) is 0 Å². The Kier molecular flexibility index (Phi) is 6.17. The molecule has 0 atom stereocenters. The molecule has 0 bridgehead atoms. The van der Waals surface area contributed by atoms with E-state index in [0.717, 1.165) is 28.3 Å². The number of aromatic nitrogens is 1. The maximum Gasteiger partial charge on any atom is 0.0788 e. The van der Waals surface area contributed by atoms with Gasteiger partial charge < -0.3 is 8.37 Å². The molecular formula is C23H21NO2S2. The number of hydrogen-bond donors (Lipinski definition) is 0. The zero-order chi connectivity index (χ0) is 19.3. The second-order valence-corrected chi connectivity index (χ2v) is 8.13. The molecule has 1 heterocycles. The molecule has 0 fully saturated rings. The first-order valence-corrected chi connectivity index (χ1v) is 10.8.